The number of anilines is 2. The Bertz CT molecular complexity index is 737. The number of rotatable bonds is 5. The number of nitrogens with one attached hydrogen (secondary N) is 2. The third-order valence-corrected chi connectivity index (χ3v) is 3.27. The topological polar surface area (TPSA) is 71.1 Å². The normalized spacial score (nSPS) is 10.2. The molecule has 0 aliphatic carbocycles. The number of hydrogen-bond acceptors (Lipinski definition) is 3. The quantitative estimate of drug-likeness (QED) is 0.871. The van der Waals surface area contributed by atoms with Crippen LogP contribution >= 0.6 is 11.6 Å². The highest BCUT2D eigenvalue weighted by molar-refractivity contribution is 6.34. The number of benzene rings is 1. The molecule has 0 aliphatic rings. The lowest BCUT2D eigenvalue weighted by Crippen LogP contribution is -2.14. The summed E-state index contributed by atoms with van der Waals surface area (Å²) in [5, 5.41) is 5.58. The fourth-order valence-corrected chi connectivity index (χ4v) is 2.04. The first-order valence-electron chi connectivity index (χ1n) is 7.01. The Balaban J connectivity index is 2.15. The van der Waals surface area contributed by atoms with Crippen molar-refractivity contribution >= 4 is 34.8 Å². The molecule has 0 radical (unpaired) electrons. The molecule has 120 valence electrons. The van der Waals surface area contributed by atoms with Crippen LogP contribution in [0, 0.1) is 5.82 Å². The summed E-state index contributed by atoms with van der Waals surface area (Å²) in [4.78, 5) is 27.3. The van der Waals surface area contributed by atoms with E-state index in [0.717, 1.165) is 18.7 Å². The van der Waals surface area contributed by atoms with E-state index in [2.05, 4.69) is 15.6 Å². The second-order valence-corrected chi connectivity index (χ2v) is 5.25. The SMILES string of the molecule is CCCC(=O)Nc1ccc(Cl)c(NC(=O)c2cncc(F)c2)c1. The highest BCUT2D eigenvalue weighted by Gasteiger charge is 2.11. The van der Waals surface area contributed by atoms with Crippen molar-refractivity contribution in [3.05, 3.63) is 53.1 Å². The monoisotopic (exact) mass is 335 g/mol. The summed E-state index contributed by atoms with van der Waals surface area (Å²) < 4.78 is 13.1. The Kier molecular flexibility index (Phi) is 5.65. The molecule has 7 heteroatoms. The van der Waals surface area contributed by atoms with E-state index >= 15 is 0 Å². The van der Waals surface area contributed by atoms with Gasteiger partial charge in [0, 0.05) is 18.3 Å². The summed E-state index contributed by atoms with van der Waals surface area (Å²) in [6.45, 7) is 1.90. The predicted molar refractivity (Wildman–Crippen MR) is 87.1 cm³/mol. The fourth-order valence-electron chi connectivity index (χ4n) is 1.88. The summed E-state index contributed by atoms with van der Waals surface area (Å²) in [6, 6.07) is 5.81. The Morgan fingerprint density at radius 1 is 1.22 bits per heavy atom. The average Bonchev–Trinajstić information content (AvgIpc) is 2.51. The minimum absolute atomic E-state index is 0.0708. The van der Waals surface area contributed by atoms with Crippen molar-refractivity contribution in [2.75, 3.05) is 10.6 Å². The van der Waals surface area contributed by atoms with E-state index in [9.17, 15) is 14.0 Å². The van der Waals surface area contributed by atoms with Gasteiger partial charge >= 0.3 is 0 Å². The molecule has 0 unspecified atom stereocenters. The van der Waals surface area contributed by atoms with Crippen molar-refractivity contribution in [1.82, 2.24) is 4.98 Å². The van der Waals surface area contributed by atoms with Gasteiger partial charge in [-0.3, -0.25) is 14.6 Å². The van der Waals surface area contributed by atoms with Crippen molar-refractivity contribution in [2.45, 2.75) is 19.8 Å². The summed E-state index contributed by atoms with van der Waals surface area (Å²) in [7, 11) is 0. The third-order valence-electron chi connectivity index (χ3n) is 2.94. The molecule has 0 saturated carbocycles. The molecule has 0 atom stereocenters. The highest BCUT2D eigenvalue weighted by atomic mass is 35.5. The summed E-state index contributed by atoms with van der Waals surface area (Å²) in [5.74, 6) is -1.28. The van der Waals surface area contributed by atoms with Crippen molar-refractivity contribution in [1.29, 1.82) is 0 Å². The van der Waals surface area contributed by atoms with Crippen LogP contribution in [0.1, 0.15) is 30.1 Å². The Labute approximate surface area is 137 Å². The first-order valence-corrected chi connectivity index (χ1v) is 7.38. The van der Waals surface area contributed by atoms with Gasteiger partial charge in [-0.15, -0.1) is 0 Å². The molecule has 2 amide bonds. The second-order valence-electron chi connectivity index (χ2n) is 4.84. The maximum Gasteiger partial charge on any atom is 0.257 e. The summed E-state index contributed by atoms with van der Waals surface area (Å²) >= 11 is 6.04. The minimum Gasteiger partial charge on any atom is -0.326 e. The first kappa shape index (κ1) is 16.9. The molecule has 5 nitrogen and oxygen atoms in total. The lowest BCUT2D eigenvalue weighted by Gasteiger charge is -2.10. The van der Waals surface area contributed by atoms with E-state index in [1.807, 2.05) is 6.92 Å². The molecule has 2 N–H and O–H groups in total. The number of pyridine rings is 1. The van der Waals surface area contributed by atoms with Gasteiger partial charge in [0.15, 0.2) is 0 Å². The fraction of sp³-hybridized carbons (Fsp3) is 0.188. The van der Waals surface area contributed by atoms with Crippen LogP contribution in [0.2, 0.25) is 5.02 Å². The molecule has 23 heavy (non-hydrogen) atoms. The van der Waals surface area contributed by atoms with Crippen molar-refractivity contribution in [3.8, 4) is 0 Å². The molecule has 1 aromatic heterocycles. The first-order chi connectivity index (χ1) is 11.0. The van der Waals surface area contributed by atoms with Gasteiger partial charge in [-0.05, 0) is 30.7 Å². The number of amides is 2. The lowest BCUT2D eigenvalue weighted by molar-refractivity contribution is -0.116. The molecule has 1 heterocycles. The largest absolute Gasteiger partial charge is 0.326 e. The van der Waals surface area contributed by atoms with Gasteiger partial charge in [-0.25, -0.2) is 4.39 Å². The molecule has 2 aromatic rings. The number of hydrogen-bond donors (Lipinski definition) is 2. The van der Waals surface area contributed by atoms with Gasteiger partial charge in [0.2, 0.25) is 5.91 Å². The predicted octanol–water partition coefficient (Wildman–Crippen LogP) is 3.87. The van der Waals surface area contributed by atoms with Gasteiger partial charge in [-0.1, -0.05) is 18.5 Å². The zero-order valence-corrected chi connectivity index (χ0v) is 13.2. The van der Waals surface area contributed by atoms with Crippen LogP contribution in [0.5, 0.6) is 0 Å². The Morgan fingerprint density at radius 3 is 2.70 bits per heavy atom. The van der Waals surface area contributed by atoms with E-state index in [0.29, 0.717) is 22.8 Å². The van der Waals surface area contributed by atoms with Crippen LogP contribution in [-0.2, 0) is 4.79 Å². The smallest absolute Gasteiger partial charge is 0.257 e. The van der Waals surface area contributed by atoms with Crippen molar-refractivity contribution in [2.24, 2.45) is 0 Å². The number of aromatic nitrogens is 1. The van der Waals surface area contributed by atoms with Crippen LogP contribution in [0.15, 0.2) is 36.7 Å². The van der Waals surface area contributed by atoms with Gasteiger partial charge in [0.1, 0.15) is 5.82 Å². The lowest BCUT2D eigenvalue weighted by atomic mass is 10.2. The number of carbonyl (C=O) groups excluding carboxylic acids is 2. The molecule has 0 fully saturated rings. The Hall–Kier alpha value is -2.47. The van der Waals surface area contributed by atoms with E-state index < -0.39 is 11.7 Å². The molecular formula is C16H15ClFN3O2. The second kappa shape index (κ2) is 7.69. The zero-order chi connectivity index (χ0) is 16.8. The molecule has 0 spiro atoms. The van der Waals surface area contributed by atoms with Crippen molar-refractivity contribution in [3.63, 3.8) is 0 Å². The Morgan fingerprint density at radius 2 is 2.00 bits per heavy atom. The summed E-state index contributed by atoms with van der Waals surface area (Å²) in [5.41, 5.74) is 0.900. The summed E-state index contributed by atoms with van der Waals surface area (Å²) in [6.07, 6.45) is 3.39. The van der Waals surface area contributed by atoms with E-state index in [1.165, 1.54) is 6.20 Å². The van der Waals surface area contributed by atoms with E-state index in [1.54, 1.807) is 18.2 Å². The number of nitrogens with zero attached hydrogens (tertiary/aromatic N) is 1. The van der Waals surface area contributed by atoms with E-state index in [-0.39, 0.29) is 11.5 Å². The van der Waals surface area contributed by atoms with Crippen LogP contribution in [0.4, 0.5) is 15.8 Å². The molecule has 0 saturated heterocycles. The molecule has 0 bridgehead atoms. The third kappa shape index (κ3) is 4.75. The van der Waals surface area contributed by atoms with Crippen LogP contribution in [-0.4, -0.2) is 16.8 Å². The average molecular weight is 336 g/mol. The minimum atomic E-state index is -0.607. The molecular weight excluding hydrogens is 321 g/mol. The van der Waals surface area contributed by atoms with Gasteiger partial charge in [0.25, 0.3) is 5.91 Å². The number of halogens is 2. The highest BCUT2D eigenvalue weighted by Crippen LogP contribution is 2.26. The number of carbonyl (C=O) groups is 2. The van der Waals surface area contributed by atoms with Gasteiger partial charge in [-0.2, -0.15) is 0 Å². The van der Waals surface area contributed by atoms with Crippen LogP contribution in [0.25, 0.3) is 0 Å². The van der Waals surface area contributed by atoms with Crippen LogP contribution < -0.4 is 10.6 Å². The maximum atomic E-state index is 13.1. The standard InChI is InChI=1S/C16H15ClFN3O2/c1-2-3-15(22)20-12-4-5-13(17)14(7-12)21-16(23)10-6-11(18)9-19-8-10/h4-9H,2-3H2,1H3,(H,20,22)(H,21,23). The zero-order valence-electron chi connectivity index (χ0n) is 12.4. The maximum absolute atomic E-state index is 13.1. The molecule has 0 aliphatic heterocycles. The molecule has 2 rings (SSSR count). The van der Waals surface area contributed by atoms with Gasteiger partial charge in [0.05, 0.1) is 22.5 Å². The van der Waals surface area contributed by atoms with Crippen LogP contribution in [0.3, 0.4) is 0 Å². The molecule has 1 aromatic carbocycles. The van der Waals surface area contributed by atoms with Gasteiger partial charge < -0.3 is 10.6 Å². The van der Waals surface area contributed by atoms with E-state index in [4.69, 9.17) is 11.6 Å². The van der Waals surface area contributed by atoms with Crippen molar-refractivity contribution < 1.29 is 14.0 Å².